The van der Waals surface area contributed by atoms with E-state index < -0.39 is 17.1 Å². The van der Waals surface area contributed by atoms with E-state index in [1.807, 2.05) is 32.0 Å². The molecule has 2 aromatic rings. The van der Waals surface area contributed by atoms with E-state index in [1.54, 1.807) is 24.3 Å². The number of methoxy groups -OCH3 is 2. The van der Waals surface area contributed by atoms with Crippen LogP contribution in [0.3, 0.4) is 0 Å². The predicted molar refractivity (Wildman–Crippen MR) is 113 cm³/mol. The minimum Gasteiger partial charge on any atom is -0.593 e. The zero-order valence-electron chi connectivity index (χ0n) is 17.0. The Morgan fingerprint density at radius 1 is 1.14 bits per heavy atom. The third-order valence-electron chi connectivity index (χ3n) is 5.02. The van der Waals surface area contributed by atoms with Crippen molar-refractivity contribution in [3.8, 4) is 0 Å². The Kier molecular flexibility index (Phi) is 7.35. The summed E-state index contributed by atoms with van der Waals surface area (Å²) >= 11 is 0. The molecule has 2 aromatic carbocycles. The van der Waals surface area contributed by atoms with Gasteiger partial charge in [0.05, 0.1) is 6.42 Å². The predicted octanol–water partition coefficient (Wildman–Crippen LogP) is 4.26. The van der Waals surface area contributed by atoms with Gasteiger partial charge in [0, 0.05) is 32.0 Å². The number of quaternary nitrogens is 1. The quantitative estimate of drug-likeness (QED) is 0.221. The van der Waals surface area contributed by atoms with Crippen molar-refractivity contribution in [1.82, 2.24) is 4.81 Å². The van der Waals surface area contributed by atoms with Crippen molar-refractivity contribution < 1.29 is 14.7 Å². The van der Waals surface area contributed by atoms with Crippen LogP contribution in [0.4, 0.5) is 11.4 Å². The number of rotatable bonds is 9. The van der Waals surface area contributed by atoms with Gasteiger partial charge >= 0.3 is 0 Å². The van der Waals surface area contributed by atoms with Gasteiger partial charge in [-0.25, -0.2) is 5.21 Å². The summed E-state index contributed by atoms with van der Waals surface area (Å²) in [6.45, 7) is 8.01. The number of ether oxygens (including phenoxy) is 2. The molecule has 0 bridgehead atoms. The lowest BCUT2D eigenvalue weighted by Crippen LogP contribution is -2.52. The van der Waals surface area contributed by atoms with Crippen molar-refractivity contribution in [2.24, 2.45) is 0 Å². The number of anilines is 1. The molecule has 0 saturated carbocycles. The van der Waals surface area contributed by atoms with Crippen LogP contribution in [-0.2, 0) is 15.9 Å². The van der Waals surface area contributed by atoms with Crippen LogP contribution < -0.4 is 10.5 Å². The first-order valence-corrected chi connectivity index (χ1v) is 9.17. The van der Waals surface area contributed by atoms with Gasteiger partial charge in [0.15, 0.2) is 12.0 Å². The summed E-state index contributed by atoms with van der Waals surface area (Å²) in [5, 5.41) is 24.3. The second-order valence-electron chi connectivity index (χ2n) is 7.13. The van der Waals surface area contributed by atoms with Crippen molar-refractivity contribution in [3.63, 3.8) is 0 Å². The number of nitrogens with two attached hydrogens (primary N) is 1. The molecule has 0 fully saturated rings. The highest BCUT2D eigenvalue weighted by atomic mass is 16.8. The van der Waals surface area contributed by atoms with Crippen LogP contribution in [0.1, 0.15) is 23.1 Å². The van der Waals surface area contributed by atoms with Crippen molar-refractivity contribution in [2.75, 3.05) is 20.0 Å². The molecule has 0 spiro atoms. The molecule has 6 heteroatoms. The van der Waals surface area contributed by atoms with Crippen LogP contribution in [0.2, 0.25) is 0 Å². The zero-order valence-corrected chi connectivity index (χ0v) is 17.0. The van der Waals surface area contributed by atoms with E-state index in [4.69, 9.17) is 15.2 Å². The summed E-state index contributed by atoms with van der Waals surface area (Å²) in [6.07, 6.45) is -0.0439. The Morgan fingerprint density at radius 2 is 1.75 bits per heavy atom. The molecule has 0 radical (unpaired) electrons. The SMILES string of the molecule is C=C(Cc1ccc(N)cc1C)C(CC(OC)OC)[N+]([O-])(O)c1ccc(C)cc1. The number of hydrogen-bond donors (Lipinski definition) is 2. The third-order valence-corrected chi connectivity index (χ3v) is 5.02. The van der Waals surface area contributed by atoms with Crippen molar-refractivity contribution in [2.45, 2.75) is 39.0 Å². The Bertz CT molecular complexity index is 799. The molecule has 0 aromatic heterocycles. The standard InChI is InChI=1S/C22H30N2O4/c1-15-6-10-20(11-7-15)24(25,26)21(14-22(27-4)28-5)17(3)12-18-8-9-19(23)13-16(18)2/h6-11,13,21-22,25H,3,12,14,23H2,1-2,4-5H3. The molecular formula is C22H30N2O4. The maximum absolute atomic E-state index is 13.4. The molecular weight excluding hydrogens is 356 g/mol. The fraction of sp³-hybridized carbons (Fsp3) is 0.364. The van der Waals surface area contributed by atoms with Gasteiger partial charge < -0.3 is 20.4 Å². The third kappa shape index (κ3) is 5.19. The average molecular weight is 386 g/mol. The number of aryl methyl sites for hydroxylation is 2. The number of benzene rings is 2. The van der Waals surface area contributed by atoms with E-state index in [9.17, 15) is 10.4 Å². The highest BCUT2D eigenvalue weighted by molar-refractivity contribution is 5.47. The topological polar surface area (TPSA) is 87.8 Å². The normalized spacial score (nSPS) is 14.7. The van der Waals surface area contributed by atoms with Crippen molar-refractivity contribution >= 4 is 11.4 Å². The lowest BCUT2D eigenvalue weighted by Gasteiger charge is -2.42. The molecule has 6 nitrogen and oxygen atoms in total. The van der Waals surface area contributed by atoms with Crippen molar-refractivity contribution in [3.05, 3.63) is 76.5 Å². The van der Waals surface area contributed by atoms with Crippen LogP contribution in [0.15, 0.2) is 54.6 Å². The highest BCUT2D eigenvalue weighted by Crippen LogP contribution is 2.31. The van der Waals surface area contributed by atoms with Gasteiger partial charge in [-0.3, -0.25) is 0 Å². The number of nitrogens with zero attached hydrogens (tertiary/aromatic N) is 1. The number of hydrogen-bond acceptors (Lipinski definition) is 5. The van der Waals surface area contributed by atoms with Gasteiger partial charge in [-0.1, -0.05) is 30.3 Å². The molecule has 2 rings (SSSR count). The number of hydroxylamine groups is 2. The van der Waals surface area contributed by atoms with Crippen LogP contribution in [0, 0.1) is 19.1 Å². The molecule has 0 aliphatic heterocycles. The summed E-state index contributed by atoms with van der Waals surface area (Å²) in [5.41, 5.74) is 10.3. The van der Waals surface area contributed by atoms with E-state index in [0.717, 1.165) is 16.7 Å². The van der Waals surface area contributed by atoms with Gasteiger partial charge in [0.2, 0.25) is 0 Å². The molecule has 3 N–H and O–H groups in total. The zero-order chi connectivity index (χ0) is 20.9. The van der Waals surface area contributed by atoms with Gasteiger partial charge in [-0.2, -0.15) is 4.81 Å². The van der Waals surface area contributed by atoms with Crippen LogP contribution >= 0.6 is 0 Å². The monoisotopic (exact) mass is 386 g/mol. The smallest absolute Gasteiger partial charge is 0.166 e. The summed E-state index contributed by atoms with van der Waals surface area (Å²) in [5.74, 6) is 0. The molecule has 2 atom stereocenters. The summed E-state index contributed by atoms with van der Waals surface area (Å²) in [4.78, 5) is -1.57. The second-order valence-corrected chi connectivity index (χ2v) is 7.13. The van der Waals surface area contributed by atoms with Crippen LogP contribution in [0.25, 0.3) is 0 Å². The van der Waals surface area contributed by atoms with E-state index in [2.05, 4.69) is 6.58 Å². The summed E-state index contributed by atoms with van der Waals surface area (Å²) in [7, 11) is 3.00. The molecule has 28 heavy (non-hydrogen) atoms. The average Bonchev–Trinajstić information content (AvgIpc) is 2.65. The van der Waals surface area contributed by atoms with E-state index >= 15 is 0 Å². The fourth-order valence-electron chi connectivity index (χ4n) is 3.25. The molecule has 0 heterocycles. The maximum atomic E-state index is 13.4. The summed E-state index contributed by atoms with van der Waals surface area (Å²) in [6, 6.07) is 11.6. The lowest BCUT2D eigenvalue weighted by molar-refractivity contribution is -0.136. The molecule has 2 unspecified atom stereocenters. The minimum atomic E-state index is -1.57. The molecule has 0 aliphatic rings. The molecule has 0 amide bonds. The molecule has 0 saturated heterocycles. The first kappa shape index (κ1) is 22.1. The van der Waals surface area contributed by atoms with E-state index in [1.165, 1.54) is 14.2 Å². The Morgan fingerprint density at radius 3 is 2.29 bits per heavy atom. The van der Waals surface area contributed by atoms with E-state index in [0.29, 0.717) is 17.7 Å². The highest BCUT2D eigenvalue weighted by Gasteiger charge is 2.35. The van der Waals surface area contributed by atoms with E-state index in [-0.39, 0.29) is 12.1 Å². The Balaban J connectivity index is 2.36. The summed E-state index contributed by atoms with van der Waals surface area (Å²) < 4.78 is 10.6. The molecule has 152 valence electrons. The Labute approximate surface area is 166 Å². The first-order valence-electron chi connectivity index (χ1n) is 9.17. The fourth-order valence-corrected chi connectivity index (χ4v) is 3.25. The largest absolute Gasteiger partial charge is 0.593 e. The van der Waals surface area contributed by atoms with Crippen molar-refractivity contribution in [1.29, 1.82) is 0 Å². The second kappa shape index (κ2) is 9.32. The lowest BCUT2D eigenvalue weighted by atomic mass is 9.94. The van der Waals surface area contributed by atoms with Crippen LogP contribution in [0.5, 0.6) is 0 Å². The minimum absolute atomic E-state index is 0.160. The first-order chi connectivity index (χ1) is 13.2. The Hall–Kier alpha value is -2.22. The maximum Gasteiger partial charge on any atom is 0.166 e. The van der Waals surface area contributed by atoms with Gasteiger partial charge in [0.25, 0.3) is 0 Å². The van der Waals surface area contributed by atoms with Gasteiger partial charge in [-0.05, 0) is 49.1 Å². The molecule has 0 aliphatic carbocycles. The van der Waals surface area contributed by atoms with Crippen LogP contribution in [-0.4, -0.2) is 31.8 Å². The van der Waals surface area contributed by atoms with Gasteiger partial charge in [-0.15, -0.1) is 0 Å². The number of nitrogen functional groups attached to an aromatic ring is 1. The van der Waals surface area contributed by atoms with Gasteiger partial charge in [0.1, 0.15) is 6.04 Å².